The highest BCUT2D eigenvalue weighted by Crippen LogP contribution is 2.56. The summed E-state index contributed by atoms with van der Waals surface area (Å²) in [6, 6.07) is 22.1. The zero-order valence-electron chi connectivity index (χ0n) is 28.1. The summed E-state index contributed by atoms with van der Waals surface area (Å²) in [7, 11) is -4.57. The fraction of sp³-hybridized carbons (Fsp3) is 0.351. The molecule has 50 heavy (non-hydrogen) atoms. The van der Waals surface area contributed by atoms with Gasteiger partial charge in [-0.2, -0.15) is 5.26 Å². The van der Waals surface area contributed by atoms with Crippen LogP contribution in [0.5, 0.6) is 23.0 Å². The van der Waals surface area contributed by atoms with E-state index >= 15 is 8.42 Å². The number of hydrogen-bond donors (Lipinski definition) is 1. The van der Waals surface area contributed by atoms with E-state index in [0.717, 1.165) is 5.56 Å². The van der Waals surface area contributed by atoms with Crippen molar-refractivity contribution < 1.29 is 41.3 Å². The van der Waals surface area contributed by atoms with E-state index in [2.05, 4.69) is 6.07 Å². The molecule has 13 heteroatoms. The first-order valence-electron chi connectivity index (χ1n) is 16.3. The van der Waals surface area contributed by atoms with Gasteiger partial charge in [0.2, 0.25) is 22.2 Å². The van der Waals surface area contributed by atoms with E-state index in [4.69, 9.17) is 33.8 Å². The lowest BCUT2D eigenvalue weighted by Crippen LogP contribution is -2.69. The summed E-state index contributed by atoms with van der Waals surface area (Å²) in [5.41, 5.74) is 4.97. The van der Waals surface area contributed by atoms with Gasteiger partial charge < -0.3 is 33.8 Å². The maximum atomic E-state index is 15.5. The Hall–Kier alpha value is -4.87. The molecule has 1 saturated heterocycles. The van der Waals surface area contributed by atoms with Crippen molar-refractivity contribution in [1.82, 2.24) is 4.90 Å². The van der Waals surface area contributed by atoms with Gasteiger partial charge in [-0.25, -0.2) is 18.1 Å². The van der Waals surface area contributed by atoms with Crippen LogP contribution in [0.2, 0.25) is 0 Å². The molecule has 0 unspecified atom stereocenters. The smallest absolute Gasteiger partial charge is 0.347 e. The molecule has 0 bridgehead atoms. The maximum absolute atomic E-state index is 15.5. The van der Waals surface area contributed by atoms with Gasteiger partial charge in [0.05, 0.1) is 22.8 Å². The van der Waals surface area contributed by atoms with Crippen molar-refractivity contribution in [3.63, 3.8) is 0 Å². The number of hydrogen-bond acceptors (Lipinski definition) is 12. The zero-order chi connectivity index (χ0) is 35.6. The highest BCUT2D eigenvalue weighted by atomic mass is 32.2. The maximum Gasteiger partial charge on any atom is 0.347 e. The molecule has 0 radical (unpaired) electrons. The number of furan rings is 1. The summed E-state index contributed by atoms with van der Waals surface area (Å²) in [6.45, 7) is 5.23. The highest BCUT2D eigenvalue weighted by Gasteiger charge is 2.76. The molecule has 0 saturated carbocycles. The Labute approximate surface area is 291 Å². The second-order valence-corrected chi connectivity index (χ2v) is 14.8. The molecule has 0 spiro atoms. The van der Waals surface area contributed by atoms with E-state index in [1.165, 1.54) is 36.8 Å². The van der Waals surface area contributed by atoms with Gasteiger partial charge in [0.1, 0.15) is 24.3 Å². The number of unbranched alkanes of at least 4 members (excludes halogenated alkanes) is 1. The molecule has 1 fully saturated rings. The number of rotatable bonds is 13. The van der Waals surface area contributed by atoms with Crippen molar-refractivity contribution in [3.05, 3.63) is 102 Å². The summed E-state index contributed by atoms with van der Waals surface area (Å²) < 4.78 is 65.8. The standard InChI is InChI=1S/C37H39N3O9S/c1-4-5-16-36(34(41)48-30-15-17-44-23-30)37(40(24-39)35(2,3)49-36,50(42,43)31-13-14-32-33(19-31)47-25-46-32)20-26-9-11-29(12-10-26)45-22-28-8-6-7-27(18-28)21-38/h6-15,17-19,23H,4-5,16,20,22,24-25,39H2,1-3H3/t36-,37+/m1/s1. The molecular weight excluding hydrogens is 662 g/mol. The van der Waals surface area contributed by atoms with Crippen molar-refractivity contribution >= 4 is 15.8 Å². The number of sulfone groups is 1. The number of nitrogens with zero attached hydrogens (tertiary/aromatic N) is 2. The number of carbonyl (C=O) groups excluding carboxylic acids is 1. The van der Waals surface area contributed by atoms with E-state index in [0.29, 0.717) is 35.5 Å². The van der Waals surface area contributed by atoms with E-state index < -0.39 is 32.0 Å². The minimum absolute atomic E-state index is 0.00680. The van der Waals surface area contributed by atoms with E-state index in [9.17, 15) is 10.1 Å². The molecule has 6 rings (SSSR count). The van der Waals surface area contributed by atoms with Gasteiger partial charge in [-0.1, -0.05) is 44.0 Å². The number of carbonyl (C=O) groups is 1. The molecule has 2 aliphatic rings. The molecule has 2 aliphatic heterocycles. The van der Waals surface area contributed by atoms with Crippen molar-refractivity contribution in [2.45, 2.75) is 74.2 Å². The number of esters is 1. The largest absolute Gasteiger partial charge is 0.489 e. The van der Waals surface area contributed by atoms with E-state index in [1.54, 1.807) is 61.2 Å². The monoisotopic (exact) mass is 701 g/mol. The molecule has 0 aliphatic carbocycles. The Morgan fingerprint density at radius 1 is 1.00 bits per heavy atom. The SMILES string of the molecule is CCCC[C@]1(C(=O)Oc2ccoc2)OC(C)(C)N(CN)[C@@]1(Cc1ccc(OCc2cccc(C#N)c2)cc1)S(=O)(=O)c1ccc2c(c1)OCO2. The Balaban J connectivity index is 1.49. The number of ether oxygens (including phenoxy) is 5. The Morgan fingerprint density at radius 2 is 1.78 bits per heavy atom. The third-order valence-electron chi connectivity index (χ3n) is 9.17. The van der Waals surface area contributed by atoms with Crippen LogP contribution in [0.4, 0.5) is 0 Å². The average Bonchev–Trinajstić information content (AvgIpc) is 3.85. The fourth-order valence-electron chi connectivity index (χ4n) is 6.87. The van der Waals surface area contributed by atoms with E-state index in [-0.39, 0.29) is 49.3 Å². The highest BCUT2D eigenvalue weighted by molar-refractivity contribution is 7.93. The normalized spacial score (nSPS) is 21.1. The second kappa shape index (κ2) is 13.8. The number of fused-ring (bicyclic) bond motifs is 1. The zero-order valence-corrected chi connectivity index (χ0v) is 28.9. The van der Waals surface area contributed by atoms with Crippen LogP contribution in [0.1, 0.15) is 56.7 Å². The van der Waals surface area contributed by atoms with Gasteiger partial charge in [0.25, 0.3) is 0 Å². The van der Waals surface area contributed by atoms with Crippen LogP contribution < -0.4 is 24.7 Å². The molecule has 1 aromatic heterocycles. The second-order valence-electron chi connectivity index (χ2n) is 12.7. The third kappa shape index (κ3) is 6.09. The number of nitriles is 1. The Morgan fingerprint density at radius 3 is 2.48 bits per heavy atom. The molecule has 3 heterocycles. The summed E-state index contributed by atoms with van der Waals surface area (Å²) in [5.74, 6) is 0.415. The van der Waals surface area contributed by atoms with Crippen LogP contribution in [0.25, 0.3) is 0 Å². The van der Waals surface area contributed by atoms with Gasteiger partial charge in [-0.3, -0.25) is 0 Å². The molecule has 262 valence electrons. The van der Waals surface area contributed by atoms with Crippen molar-refractivity contribution in [3.8, 4) is 29.1 Å². The molecule has 4 aromatic rings. The fourth-order valence-corrected chi connectivity index (χ4v) is 9.37. The van der Waals surface area contributed by atoms with Crippen LogP contribution in [-0.2, 0) is 32.4 Å². The van der Waals surface area contributed by atoms with Crippen molar-refractivity contribution in [2.24, 2.45) is 5.73 Å². The van der Waals surface area contributed by atoms with Gasteiger partial charge in [0, 0.05) is 25.2 Å². The summed E-state index contributed by atoms with van der Waals surface area (Å²) in [4.78, 5) is 14.0. The lowest BCUT2D eigenvalue weighted by Gasteiger charge is -2.45. The number of benzene rings is 3. The van der Waals surface area contributed by atoms with Crippen LogP contribution in [0.3, 0.4) is 0 Å². The van der Waals surface area contributed by atoms with Gasteiger partial charge >= 0.3 is 5.97 Å². The summed E-state index contributed by atoms with van der Waals surface area (Å²) in [6.07, 6.45) is 3.48. The van der Waals surface area contributed by atoms with Crippen LogP contribution >= 0.6 is 0 Å². The minimum Gasteiger partial charge on any atom is -0.489 e. The summed E-state index contributed by atoms with van der Waals surface area (Å²) >= 11 is 0. The third-order valence-corrected chi connectivity index (χ3v) is 11.6. The summed E-state index contributed by atoms with van der Waals surface area (Å²) in [5, 5.41) is 9.24. The molecule has 2 atom stereocenters. The van der Waals surface area contributed by atoms with Crippen molar-refractivity contribution in [2.75, 3.05) is 13.5 Å². The molecular formula is C37H39N3O9S. The van der Waals surface area contributed by atoms with E-state index in [1.807, 2.05) is 13.0 Å². The first-order valence-corrected chi connectivity index (χ1v) is 17.8. The predicted molar refractivity (Wildman–Crippen MR) is 181 cm³/mol. The first-order chi connectivity index (χ1) is 24.0. The van der Waals surface area contributed by atoms with Crippen molar-refractivity contribution in [1.29, 1.82) is 5.26 Å². The minimum atomic E-state index is -4.57. The quantitative estimate of drug-likeness (QED) is 0.170. The van der Waals surface area contributed by atoms with Gasteiger partial charge in [0.15, 0.2) is 22.1 Å². The molecule has 12 nitrogen and oxygen atoms in total. The lowest BCUT2D eigenvalue weighted by atomic mass is 9.83. The average molecular weight is 702 g/mol. The molecule has 2 N–H and O–H groups in total. The lowest BCUT2D eigenvalue weighted by molar-refractivity contribution is -0.174. The van der Waals surface area contributed by atoms with Crippen LogP contribution in [0.15, 0.2) is 94.6 Å². The van der Waals surface area contributed by atoms with Crippen LogP contribution in [-0.4, -0.2) is 48.9 Å². The first kappa shape index (κ1) is 35.0. The Bertz CT molecular complexity index is 1990. The Kier molecular flexibility index (Phi) is 9.65. The predicted octanol–water partition coefficient (Wildman–Crippen LogP) is 5.69. The van der Waals surface area contributed by atoms with Gasteiger partial charge in [-0.15, -0.1) is 0 Å². The topological polar surface area (TPSA) is 164 Å². The van der Waals surface area contributed by atoms with Crippen LogP contribution in [0, 0.1) is 11.3 Å². The number of nitrogens with two attached hydrogens (primary N) is 1. The molecule has 3 aromatic carbocycles. The molecule has 0 amide bonds. The van der Waals surface area contributed by atoms with Gasteiger partial charge in [-0.05, 0) is 67.8 Å².